The Bertz CT molecular complexity index is 821. The average Bonchev–Trinajstić information content (AvgIpc) is 2.71. The number of aliphatic carboxylic acids is 1. The molecule has 2 atom stereocenters. The van der Waals surface area contributed by atoms with Gasteiger partial charge in [0.1, 0.15) is 18.1 Å². The lowest BCUT2D eigenvalue weighted by Crippen LogP contribution is -2.43. The minimum atomic E-state index is -0.866. The Morgan fingerprint density at radius 3 is 2.75 bits per heavy atom. The fraction of sp³-hybridized carbons (Fsp3) is 0.364. The number of carboxylic acids is 1. The summed E-state index contributed by atoms with van der Waals surface area (Å²) < 4.78 is 11.0. The molecule has 28 heavy (non-hydrogen) atoms. The summed E-state index contributed by atoms with van der Waals surface area (Å²) in [5.74, 6) is 0.209. The minimum Gasteiger partial charge on any atom is -0.497 e. The predicted molar refractivity (Wildman–Crippen MR) is 105 cm³/mol. The topological polar surface area (TPSA) is 84.9 Å². The van der Waals surface area contributed by atoms with E-state index in [1.165, 1.54) is 0 Å². The van der Waals surface area contributed by atoms with Crippen LogP contribution in [-0.4, -0.2) is 36.7 Å². The van der Waals surface area contributed by atoms with E-state index >= 15 is 0 Å². The molecule has 6 nitrogen and oxygen atoms in total. The first-order valence-electron chi connectivity index (χ1n) is 9.41. The van der Waals surface area contributed by atoms with E-state index in [4.69, 9.17) is 14.6 Å². The number of carbonyl (C=O) groups is 2. The summed E-state index contributed by atoms with van der Waals surface area (Å²) >= 11 is 0. The second-order valence-electron chi connectivity index (χ2n) is 7.01. The van der Waals surface area contributed by atoms with Crippen LogP contribution in [0.2, 0.25) is 0 Å². The summed E-state index contributed by atoms with van der Waals surface area (Å²) in [6.07, 6.45) is 1.56. The molecule has 148 valence electrons. The zero-order valence-corrected chi connectivity index (χ0v) is 15.9. The van der Waals surface area contributed by atoms with E-state index in [2.05, 4.69) is 5.32 Å². The first kappa shape index (κ1) is 19.7. The maximum absolute atomic E-state index is 12.8. The van der Waals surface area contributed by atoms with Crippen LogP contribution >= 0.6 is 0 Å². The van der Waals surface area contributed by atoms with Gasteiger partial charge in [0.05, 0.1) is 13.0 Å². The summed E-state index contributed by atoms with van der Waals surface area (Å²) in [6, 6.07) is 15.1. The highest BCUT2D eigenvalue weighted by Crippen LogP contribution is 2.30. The minimum absolute atomic E-state index is 0.0129. The quantitative estimate of drug-likeness (QED) is 0.732. The SMILES string of the molecule is COc1ccc2c(c1)CC(C(=O)NC(CCC(=O)O)Cc1ccccc1)CO2. The molecule has 0 aliphatic carbocycles. The number of ether oxygens (including phenoxy) is 2. The molecule has 0 fully saturated rings. The summed E-state index contributed by atoms with van der Waals surface area (Å²) in [7, 11) is 1.60. The van der Waals surface area contributed by atoms with Gasteiger partial charge in [0.15, 0.2) is 0 Å². The lowest BCUT2D eigenvalue weighted by molar-refractivity contribution is -0.137. The highest BCUT2D eigenvalue weighted by molar-refractivity contribution is 5.80. The molecule has 0 saturated carbocycles. The highest BCUT2D eigenvalue weighted by Gasteiger charge is 2.28. The van der Waals surface area contributed by atoms with Gasteiger partial charge in [-0.15, -0.1) is 0 Å². The number of nitrogens with one attached hydrogen (secondary N) is 1. The van der Waals surface area contributed by atoms with Gasteiger partial charge in [-0.2, -0.15) is 0 Å². The van der Waals surface area contributed by atoms with Gasteiger partial charge in [-0.3, -0.25) is 9.59 Å². The molecule has 2 aromatic rings. The van der Waals surface area contributed by atoms with Crippen LogP contribution in [-0.2, 0) is 22.4 Å². The van der Waals surface area contributed by atoms with Crippen molar-refractivity contribution in [2.45, 2.75) is 31.7 Å². The Hall–Kier alpha value is -3.02. The molecule has 1 amide bonds. The standard InChI is InChI=1S/C22H25NO5/c1-27-19-8-9-20-16(13-19)12-17(14-28-20)22(26)23-18(7-10-21(24)25)11-15-5-3-2-4-6-15/h2-6,8-9,13,17-18H,7,10-12,14H2,1H3,(H,23,26)(H,24,25). The Balaban J connectivity index is 1.66. The Kier molecular flexibility index (Phi) is 6.53. The van der Waals surface area contributed by atoms with Gasteiger partial charge in [0, 0.05) is 12.5 Å². The normalized spacial score (nSPS) is 16.4. The average molecular weight is 383 g/mol. The van der Waals surface area contributed by atoms with Crippen molar-refractivity contribution in [3.05, 3.63) is 59.7 Å². The van der Waals surface area contributed by atoms with Gasteiger partial charge in [-0.25, -0.2) is 0 Å². The number of rotatable bonds is 8. The highest BCUT2D eigenvalue weighted by atomic mass is 16.5. The Morgan fingerprint density at radius 1 is 1.25 bits per heavy atom. The van der Waals surface area contributed by atoms with Crippen molar-refractivity contribution in [1.29, 1.82) is 0 Å². The van der Waals surface area contributed by atoms with Crippen LogP contribution in [0.25, 0.3) is 0 Å². The summed E-state index contributed by atoms with van der Waals surface area (Å²) in [5.41, 5.74) is 2.00. The number of benzene rings is 2. The molecule has 1 aliphatic rings. The number of methoxy groups -OCH3 is 1. The van der Waals surface area contributed by atoms with Crippen molar-refractivity contribution in [1.82, 2.24) is 5.32 Å². The van der Waals surface area contributed by atoms with Crippen LogP contribution < -0.4 is 14.8 Å². The number of carbonyl (C=O) groups excluding carboxylic acids is 1. The monoisotopic (exact) mass is 383 g/mol. The van der Waals surface area contributed by atoms with Crippen molar-refractivity contribution in [2.24, 2.45) is 5.92 Å². The molecule has 2 aromatic carbocycles. The van der Waals surface area contributed by atoms with E-state index in [9.17, 15) is 9.59 Å². The lowest BCUT2D eigenvalue weighted by atomic mass is 9.94. The van der Waals surface area contributed by atoms with Crippen molar-refractivity contribution in [2.75, 3.05) is 13.7 Å². The van der Waals surface area contributed by atoms with Crippen LogP contribution in [0.3, 0.4) is 0 Å². The summed E-state index contributed by atoms with van der Waals surface area (Å²) in [5, 5.41) is 12.1. The van der Waals surface area contributed by atoms with Crippen LogP contribution in [0.15, 0.2) is 48.5 Å². The van der Waals surface area contributed by atoms with E-state index < -0.39 is 5.97 Å². The number of fused-ring (bicyclic) bond motifs is 1. The number of carboxylic acid groups (broad SMARTS) is 1. The van der Waals surface area contributed by atoms with E-state index in [-0.39, 0.29) is 24.3 Å². The van der Waals surface area contributed by atoms with E-state index in [1.807, 2.05) is 48.5 Å². The van der Waals surface area contributed by atoms with Gasteiger partial charge in [0.2, 0.25) is 5.91 Å². The number of hydrogen-bond donors (Lipinski definition) is 2. The van der Waals surface area contributed by atoms with E-state index in [0.29, 0.717) is 25.9 Å². The maximum Gasteiger partial charge on any atom is 0.303 e. The fourth-order valence-electron chi connectivity index (χ4n) is 3.41. The molecular formula is C22H25NO5. The molecule has 0 spiro atoms. The van der Waals surface area contributed by atoms with Gasteiger partial charge in [-0.05, 0) is 48.6 Å². The molecule has 1 heterocycles. The van der Waals surface area contributed by atoms with Gasteiger partial charge >= 0.3 is 5.97 Å². The molecule has 2 unspecified atom stereocenters. The summed E-state index contributed by atoms with van der Waals surface area (Å²) in [6.45, 7) is 0.308. The van der Waals surface area contributed by atoms with Crippen LogP contribution in [0, 0.1) is 5.92 Å². The summed E-state index contributed by atoms with van der Waals surface area (Å²) in [4.78, 5) is 23.8. The van der Waals surface area contributed by atoms with Crippen molar-refractivity contribution in [3.8, 4) is 11.5 Å². The Morgan fingerprint density at radius 2 is 2.04 bits per heavy atom. The molecule has 3 rings (SSSR count). The third-order valence-electron chi connectivity index (χ3n) is 4.92. The number of hydrogen-bond acceptors (Lipinski definition) is 4. The molecule has 1 aliphatic heterocycles. The number of amides is 1. The maximum atomic E-state index is 12.8. The molecule has 0 aromatic heterocycles. The first-order chi connectivity index (χ1) is 13.5. The van der Waals surface area contributed by atoms with Crippen LogP contribution in [0.4, 0.5) is 0 Å². The van der Waals surface area contributed by atoms with Crippen molar-refractivity contribution >= 4 is 11.9 Å². The zero-order chi connectivity index (χ0) is 19.9. The first-order valence-corrected chi connectivity index (χ1v) is 9.41. The molecule has 6 heteroatoms. The van der Waals surface area contributed by atoms with Crippen LogP contribution in [0.5, 0.6) is 11.5 Å². The molecule has 0 radical (unpaired) electrons. The largest absolute Gasteiger partial charge is 0.497 e. The second-order valence-corrected chi connectivity index (χ2v) is 7.01. The Labute approximate surface area is 164 Å². The van der Waals surface area contributed by atoms with E-state index in [0.717, 1.165) is 22.6 Å². The zero-order valence-electron chi connectivity index (χ0n) is 15.9. The smallest absolute Gasteiger partial charge is 0.303 e. The van der Waals surface area contributed by atoms with Gasteiger partial charge in [0.25, 0.3) is 0 Å². The molecule has 2 N–H and O–H groups in total. The lowest BCUT2D eigenvalue weighted by Gasteiger charge is -2.27. The predicted octanol–water partition coefficient (Wildman–Crippen LogP) is 2.84. The molecular weight excluding hydrogens is 358 g/mol. The van der Waals surface area contributed by atoms with Gasteiger partial charge < -0.3 is 19.9 Å². The van der Waals surface area contributed by atoms with Crippen molar-refractivity contribution in [3.63, 3.8) is 0 Å². The van der Waals surface area contributed by atoms with Gasteiger partial charge in [-0.1, -0.05) is 30.3 Å². The van der Waals surface area contributed by atoms with Crippen molar-refractivity contribution < 1.29 is 24.2 Å². The molecule has 0 bridgehead atoms. The fourth-order valence-corrected chi connectivity index (χ4v) is 3.41. The third kappa shape index (κ3) is 5.25. The second kappa shape index (κ2) is 9.26. The van der Waals surface area contributed by atoms with Crippen LogP contribution in [0.1, 0.15) is 24.0 Å². The third-order valence-corrected chi connectivity index (χ3v) is 4.92. The van der Waals surface area contributed by atoms with E-state index in [1.54, 1.807) is 7.11 Å². The molecule has 0 saturated heterocycles.